The van der Waals surface area contributed by atoms with Crippen LogP contribution in [0.4, 0.5) is 0 Å². The van der Waals surface area contributed by atoms with Crippen LogP contribution in [0, 0.1) is 0 Å². The first kappa shape index (κ1) is 9.03. The lowest BCUT2D eigenvalue weighted by Gasteiger charge is -1.87. The van der Waals surface area contributed by atoms with Crippen molar-refractivity contribution < 1.29 is 9.21 Å². The lowest BCUT2D eigenvalue weighted by molar-refractivity contribution is -0.104. The fourth-order valence-corrected chi connectivity index (χ4v) is 1.43. The Kier molecular flexibility index (Phi) is 2.37. The van der Waals surface area contributed by atoms with Crippen LogP contribution >= 0.6 is 11.6 Å². The van der Waals surface area contributed by atoms with Crippen molar-refractivity contribution in [2.75, 3.05) is 0 Å². The predicted molar refractivity (Wildman–Crippen MR) is 56.3 cm³/mol. The van der Waals surface area contributed by atoms with Gasteiger partial charge in [-0.15, -0.1) is 0 Å². The Morgan fingerprint density at radius 3 is 2.93 bits per heavy atom. The maximum absolute atomic E-state index is 10.1. The van der Waals surface area contributed by atoms with Crippen LogP contribution in [0.3, 0.4) is 0 Å². The van der Waals surface area contributed by atoms with E-state index >= 15 is 0 Å². The molecule has 0 atom stereocenters. The van der Waals surface area contributed by atoms with E-state index in [0.29, 0.717) is 17.1 Å². The Hall–Kier alpha value is -1.54. The summed E-state index contributed by atoms with van der Waals surface area (Å²) in [5, 5.41) is 1.60. The minimum Gasteiger partial charge on any atom is -0.457 e. The van der Waals surface area contributed by atoms with Gasteiger partial charge in [0.2, 0.25) is 0 Å². The summed E-state index contributed by atoms with van der Waals surface area (Å²) in [7, 11) is 0. The topological polar surface area (TPSA) is 30.2 Å². The van der Waals surface area contributed by atoms with Gasteiger partial charge in [-0.1, -0.05) is 11.6 Å². The van der Waals surface area contributed by atoms with Crippen molar-refractivity contribution in [2.45, 2.75) is 0 Å². The van der Waals surface area contributed by atoms with E-state index in [0.717, 1.165) is 11.0 Å². The Morgan fingerprint density at radius 2 is 2.14 bits per heavy atom. The van der Waals surface area contributed by atoms with Crippen LogP contribution < -0.4 is 0 Å². The minimum atomic E-state index is 0.648. The molecule has 0 saturated carbocycles. The fourth-order valence-electron chi connectivity index (χ4n) is 1.25. The highest BCUT2D eigenvalue weighted by Gasteiger charge is 2.00. The van der Waals surface area contributed by atoms with Gasteiger partial charge >= 0.3 is 0 Å². The number of carbonyl (C=O) groups excluding carboxylic acids is 1. The van der Waals surface area contributed by atoms with E-state index in [1.807, 2.05) is 12.1 Å². The van der Waals surface area contributed by atoms with Crippen molar-refractivity contribution in [3.05, 3.63) is 41.1 Å². The monoisotopic (exact) mass is 206 g/mol. The number of rotatable bonds is 2. The van der Waals surface area contributed by atoms with E-state index in [4.69, 9.17) is 16.0 Å². The van der Waals surface area contributed by atoms with E-state index < -0.39 is 0 Å². The molecule has 1 aromatic heterocycles. The van der Waals surface area contributed by atoms with Gasteiger partial charge in [0, 0.05) is 10.4 Å². The standard InChI is InChI=1S/C11H7ClO2/c12-9-3-4-11-8(6-9)7-10(14-11)2-1-5-13/h1-7H/b2-1+. The summed E-state index contributed by atoms with van der Waals surface area (Å²) >= 11 is 5.82. The van der Waals surface area contributed by atoms with Gasteiger partial charge in [-0.05, 0) is 36.4 Å². The van der Waals surface area contributed by atoms with Gasteiger partial charge in [0.05, 0.1) is 0 Å². The first-order valence-corrected chi connectivity index (χ1v) is 4.48. The van der Waals surface area contributed by atoms with Gasteiger partial charge in [-0.2, -0.15) is 0 Å². The van der Waals surface area contributed by atoms with Crippen molar-refractivity contribution in [2.24, 2.45) is 0 Å². The lowest BCUT2D eigenvalue weighted by atomic mass is 10.2. The molecule has 1 aromatic carbocycles. The van der Waals surface area contributed by atoms with Crippen LogP contribution in [0.1, 0.15) is 5.76 Å². The Bertz CT molecular complexity index is 497. The maximum atomic E-state index is 10.1. The maximum Gasteiger partial charge on any atom is 0.142 e. The molecule has 0 bridgehead atoms. The fraction of sp³-hybridized carbons (Fsp3) is 0. The van der Waals surface area contributed by atoms with Crippen molar-refractivity contribution in [1.29, 1.82) is 0 Å². The summed E-state index contributed by atoms with van der Waals surface area (Å²) in [4.78, 5) is 10.1. The van der Waals surface area contributed by atoms with E-state index in [-0.39, 0.29) is 0 Å². The first-order chi connectivity index (χ1) is 6.79. The zero-order chi connectivity index (χ0) is 9.97. The molecule has 2 nitrogen and oxygen atoms in total. The molecule has 0 aliphatic rings. The number of furan rings is 1. The van der Waals surface area contributed by atoms with Crippen LogP contribution in [0.2, 0.25) is 5.02 Å². The number of aldehydes is 1. The molecule has 2 aromatic rings. The number of halogens is 1. The lowest BCUT2D eigenvalue weighted by Crippen LogP contribution is -1.62. The zero-order valence-electron chi connectivity index (χ0n) is 7.24. The average molecular weight is 207 g/mol. The van der Waals surface area contributed by atoms with Crippen molar-refractivity contribution in [1.82, 2.24) is 0 Å². The van der Waals surface area contributed by atoms with E-state index in [9.17, 15) is 4.79 Å². The van der Waals surface area contributed by atoms with Gasteiger partial charge in [0.25, 0.3) is 0 Å². The zero-order valence-corrected chi connectivity index (χ0v) is 7.99. The molecule has 0 unspecified atom stereocenters. The van der Waals surface area contributed by atoms with Crippen molar-refractivity contribution in [3.8, 4) is 0 Å². The molecule has 0 amide bonds. The third kappa shape index (κ3) is 1.70. The Labute approximate surface area is 85.8 Å². The number of carbonyl (C=O) groups is 1. The second kappa shape index (κ2) is 3.68. The van der Waals surface area contributed by atoms with Crippen molar-refractivity contribution in [3.63, 3.8) is 0 Å². The molecule has 0 spiro atoms. The number of benzene rings is 1. The quantitative estimate of drug-likeness (QED) is 0.558. The number of allylic oxidation sites excluding steroid dienone is 1. The number of hydrogen-bond acceptors (Lipinski definition) is 2. The minimum absolute atomic E-state index is 0.648. The molecule has 0 radical (unpaired) electrons. The number of fused-ring (bicyclic) bond motifs is 1. The normalized spacial score (nSPS) is 11.2. The number of hydrogen-bond donors (Lipinski definition) is 0. The Morgan fingerprint density at radius 1 is 1.29 bits per heavy atom. The van der Waals surface area contributed by atoms with E-state index in [1.165, 1.54) is 6.08 Å². The molecular weight excluding hydrogens is 200 g/mol. The largest absolute Gasteiger partial charge is 0.457 e. The van der Waals surface area contributed by atoms with Gasteiger partial charge in [-0.3, -0.25) is 4.79 Å². The molecule has 70 valence electrons. The highest BCUT2D eigenvalue weighted by molar-refractivity contribution is 6.31. The summed E-state index contributed by atoms with van der Waals surface area (Å²) in [6.45, 7) is 0. The summed E-state index contributed by atoms with van der Waals surface area (Å²) < 4.78 is 5.42. The van der Waals surface area contributed by atoms with Crippen LogP contribution in [0.5, 0.6) is 0 Å². The predicted octanol–water partition coefficient (Wildman–Crippen LogP) is 3.30. The Balaban J connectivity index is 2.51. The van der Waals surface area contributed by atoms with Crippen LogP contribution in [-0.2, 0) is 4.79 Å². The molecule has 2 rings (SSSR count). The molecular formula is C11H7ClO2. The third-order valence-electron chi connectivity index (χ3n) is 1.84. The molecule has 0 aliphatic carbocycles. The summed E-state index contributed by atoms with van der Waals surface area (Å²) in [5.41, 5.74) is 0.764. The van der Waals surface area contributed by atoms with Crippen LogP contribution in [0.15, 0.2) is 34.8 Å². The first-order valence-electron chi connectivity index (χ1n) is 4.10. The smallest absolute Gasteiger partial charge is 0.142 e. The summed E-state index contributed by atoms with van der Waals surface area (Å²) in [6.07, 6.45) is 3.71. The van der Waals surface area contributed by atoms with Gasteiger partial charge in [-0.25, -0.2) is 0 Å². The molecule has 0 fully saturated rings. The molecule has 1 heterocycles. The molecule has 0 aliphatic heterocycles. The molecule has 14 heavy (non-hydrogen) atoms. The second-order valence-electron chi connectivity index (χ2n) is 2.83. The highest BCUT2D eigenvalue weighted by atomic mass is 35.5. The van der Waals surface area contributed by atoms with Crippen LogP contribution in [0.25, 0.3) is 17.0 Å². The van der Waals surface area contributed by atoms with Gasteiger partial charge in [0.1, 0.15) is 17.6 Å². The highest BCUT2D eigenvalue weighted by Crippen LogP contribution is 2.23. The average Bonchev–Trinajstić information content (AvgIpc) is 2.56. The van der Waals surface area contributed by atoms with E-state index in [1.54, 1.807) is 18.2 Å². The molecule has 3 heteroatoms. The SMILES string of the molecule is O=C/C=C/c1cc2cc(Cl)ccc2o1. The third-order valence-corrected chi connectivity index (χ3v) is 2.07. The summed E-state index contributed by atoms with van der Waals surface area (Å²) in [5.74, 6) is 0.648. The second-order valence-corrected chi connectivity index (χ2v) is 3.26. The van der Waals surface area contributed by atoms with Gasteiger partial charge < -0.3 is 4.42 Å². The summed E-state index contributed by atoms with van der Waals surface area (Å²) in [6, 6.07) is 7.22. The van der Waals surface area contributed by atoms with Crippen molar-refractivity contribution >= 4 is 34.9 Å². The molecule has 0 N–H and O–H groups in total. The van der Waals surface area contributed by atoms with Gasteiger partial charge in [0.15, 0.2) is 0 Å². The molecule has 0 saturated heterocycles. The van der Waals surface area contributed by atoms with Crippen LogP contribution in [-0.4, -0.2) is 6.29 Å². The van der Waals surface area contributed by atoms with E-state index in [2.05, 4.69) is 0 Å².